The van der Waals surface area contributed by atoms with Gasteiger partial charge in [-0.05, 0) is 37.5 Å². The van der Waals surface area contributed by atoms with Crippen molar-refractivity contribution < 1.29 is 23.8 Å². The summed E-state index contributed by atoms with van der Waals surface area (Å²) in [6.07, 6.45) is 1.93. The third-order valence-electron chi connectivity index (χ3n) is 5.61. The van der Waals surface area contributed by atoms with E-state index >= 15 is 0 Å². The first-order valence-electron chi connectivity index (χ1n) is 10.4. The van der Waals surface area contributed by atoms with Crippen LogP contribution in [0.5, 0.6) is 5.75 Å². The van der Waals surface area contributed by atoms with Crippen LogP contribution in [0.3, 0.4) is 0 Å². The van der Waals surface area contributed by atoms with E-state index < -0.39 is 5.97 Å². The van der Waals surface area contributed by atoms with E-state index in [0.717, 1.165) is 35.4 Å². The first kappa shape index (κ1) is 20.4. The van der Waals surface area contributed by atoms with Gasteiger partial charge in [0.2, 0.25) is 0 Å². The van der Waals surface area contributed by atoms with Crippen molar-refractivity contribution in [1.82, 2.24) is 14.7 Å². The van der Waals surface area contributed by atoms with Gasteiger partial charge in [0.15, 0.2) is 5.69 Å². The van der Waals surface area contributed by atoms with Crippen molar-refractivity contribution in [2.45, 2.75) is 45.4 Å². The molecule has 2 aliphatic heterocycles. The zero-order chi connectivity index (χ0) is 21.1. The summed E-state index contributed by atoms with van der Waals surface area (Å²) in [5.41, 5.74) is 3.10. The zero-order valence-electron chi connectivity index (χ0n) is 17.4. The maximum Gasteiger partial charge on any atom is 0.359 e. The molecule has 4 rings (SSSR count). The lowest BCUT2D eigenvalue weighted by molar-refractivity contribution is -0.141. The van der Waals surface area contributed by atoms with Gasteiger partial charge in [-0.2, -0.15) is 5.10 Å². The maximum absolute atomic E-state index is 12.8. The van der Waals surface area contributed by atoms with E-state index in [4.69, 9.17) is 14.2 Å². The molecule has 1 aromatic heterocycles. The number of fused-ring (bicyclic) bond motifs is 1. The first-order valence-corrected chi connectivity index (χ1v) is 10.4. The van der Waals surface area contributed by atoms with E-state index in [2.05, 4.69) is 5.10 Å². The standard InChI is InChI=1S/C22H27N3O5/c1-3-29-22(27)20-17-14-24(21(26)19-5-4-12-30-19)11-10-18(17)25(23-20)13-15-6-8-16(28-2)9-7-15/h6-9,19H,3-5,10-14H2,1-2H3/t19-/m1/s1. The number of nitrogens with zero attached hydrogens (tertiary/aromatic N) is 3. The number of hydrogen-bond acceptors (Lipinski definition) is 6. The lowest BCUT2D eigenvalue weighted by Crippen LogP contribution is -2.42. The fourth-order valence-electron chi connectivity index (χ4n) is 4.05. The molecule has 1 aromatic carbocycles. The van der Waals surface area contributed by atoms with Crippen LogP contribution in [0.25, 0.3) is 0 Å². The Balaban J connectivity index is 1.60. The predicted octanol–water partition coefficient (Wildman–Crippen LogP) is 2.18. The van der Waals surface area contributed by atoms with Crippen LogP contribution in [-0.4, -0.2) is 59.5 Å². The minimum Gasteiger partial charge on any atom is -0.497 e. The van der Waals surface area contributed by atoms with Gasteiger partial charge in [0.05, 0.1) is 20.3 Å². The molecular formula is C22H27N3O5. The Morgan fingerprint density at radius 3 is 2.73 bits per heavy atom. The Morgan fingerprint density at radius 2 is 2.07 bits per heavy atom. The van der Waals surface area contributed by atoms with Gasteiger partial charge in [-0.1, -0.05) is 12.1 Å². The molecule has 0 spiro atoms. The Morgan fingerprint density at radius 1 is 1.27 bits per heavy atom. The van der Waals surface area contributed by atoms with Crippen LogP contribution in [-0.2, 0) is 33.8 Å². The number of amides is 1. The highest BCUT2D eigenvalue weighted by atomic mass is 16.5. The van der Waals surface area contributed by atoms with E-state index in [9.17, 15) is 9.59 Å². The fraction of sp³-hybridized carbons (Fsp3) is 0.500. The molecule has 0 saturated carbocycles. The van der Waals surface area contributed by atoms with Gasteiger partial charge in [0, 0.05) is 37.4 Å². The Bertz CT molecular complexity index is 916. The van der Waals surface area contributed by atoms with Crippen LogP contribution in [0.4, 0.5) is 0 Å². The average Bonchev–Trinajstić information content (AvgIpc) is 3.42. The second-order valence-corrected chi connectivity index (χ2v) is 7.51. The molecule has 160 valence electrons. The van der Waals surface area contributed by atoms with Crippen molar-refractivity contribution in [3.05, 3.63) is 46.8 Å². The minimum absolute atomic E-state index is 0.00383. The smallest absolute Gasteiger partial charge is 0.359 e. The molecule has 30 heavy (non-hydrogen) atoms. The third-order valence-corrected chi connectivity index (χ3v) is 5.61. The monoisotopic (exact) mass is 413 g/mol. The summed E-state index contributed by atoms with van der Waals surface area (Å²) in [6, 6.07) is 7.76. The molecule has 2 aromatic rings. The third kappa shape index (κ3) is 4.05. The number of carbonyl (C=O) groups excluding carboxylic acids is 2. The topological polar surface area (TPSA) is 82.9 Å². The number of esters is 1. The zero-order valence-corrected chi connectivity index (χ0v) is 17.4. The molecule has 8 heteroatoms. The lowest BCUT2D eigenvalue weighted by Gasteiger charge is -2.29. The molecule has 0 N–H and O–H groups in total. The van der Waals surface area contributed by atoms with Crippen molar-refractivity contribution in [2.24, 2.45) is 0 Å². The fourth-order valence-corrected chi connectivity index (χ4v) is 4.05. The van der Waals surface area contributed by atoms with Crippen LogP contribution < -0.4 is 4.74 Å². The van der Waals surface area contributed by atoms with Crippen LogP contribution in [0, 0.1) is 0 Å². The molecule has 1 saturated heterocycles. The number of hydrogen-bond donors (Lipinski definition) is 0. The van der Waals surface area contributed by atoms with Crippen LogP contribution in [0.1, 0.15) is 47.1 Å². The normalized spacial score (nSPS) is 18.2. The minimum atomic E-state index is -0.450. The lowest BCUT2D eigenvalue weighted by atomic mass is 10.0. The molecule has 0 radical (unpaired) electrons. The largest absolute Gasteiger partial charge is 0.497 e. The van der Waals surface area contributed by atoms with E-state index in [-0.39, 0.29) is 18.6 Å². The van der Waals surface area contributed by atoms with Gasteiger partial charge >= 0.3 is 5.97 Å². The van der Waals surface area contributed by atoms with Gasteiger partial charge in [-0.25, -0.2) is 4.79 Å². The van der Waals surface area contributed by atoms with Gasteiger partial charge in [-0.3, -0.25) is 9.48 Å². The highest BCUT2D eigenvalue weighted by Crippen LogP contribution is 2.26. The van der Waals surface area contributed by atoms with Gasteiger partial charge in [-0.15, -0.1) is 0 Å². The molecule has 2 aliphatic rings. The van der Waals surface area contributed by atoms with Crippen molar-refractivity contribution in [3.63, 3.8) is 0 Å². The highest BCUT2D eigenvalue weighted by Gasteiger charge is 2.34. The molecule has 1 atom stereocenters. The summed E-state index contributed by atoms with van der Waals surface area (Å²) < 4.78 is 17.9. The van der Waals surface area contributed by atoms with Crippen molar-refractivity contribution >= 4 is 11.9 Å². The second kappa shape index (κ2) is 8.87. The Hall–Kier alpha value is -2.87. The first-order chi connectivity index (χ1) is 14.6. The quantitative estimate of drug-likeness (QED) is 0.675. The number of ether oxygens (including phenoxy) is 3. The summed E-state index contributed by atoms with van der Waals surface area (Å²) in [6.45, 7) is 4.14. The van der Waals surface area contributed by atoms with Gasteiger partial charge in [0.25, 0.3) is 5.91 Å². The van der Waals surface area contributed by atoms with Crippen molar-refractivity contribution in [2.75, 3.05) is 26.9 Å². The molecule has 8 nitrogen and oxygen atoms in total. The number of rotatable bonds is 6. The molecule has 3 heterocycles. The van der Waals surface area contributed by atoms with E-state index in [0.29, 0.717) is 38.4 Å². The number of aromatic nitrogens is 2. The van der Waals surface area contributed by atoms with Crippen LogP contribution >= 0.6 is 0 Å². The molecule has 1 amide bonds. The number of carbonyl (C=O) groups is 2. The molecule has 0 aliphatic carbocycles. The van der Waals surface area contributed by atoms with E-state index in [1.54, 1.807) is 18.9 Å². The highest BCUT2D eigenvalue weighted by molar-refractivity contribution is 5.90. The summed E-state index contributed by atoms with van der Waals surface area (Å²) in [5, 5.41) is 4.58. The van der Waals surface area contributed by atoms with Crippen LogP contribution in [0.2, 0.25) is 0 Å². The Labute approximate surface area is 175 Å². The average molecular weight is 413 g/mol. The summed E-state index contributed by atoms with van der Waals surface area (Å²) in [4.78, 5) is 27.2. The van der Waals surface area contributed by atoms with Crippen LogP contribution in [0.15, 0.2) is 24.3 Å². The maximum atomic E-state index is 12.8. The Kier molecular flexibility index (Phi) is 6.03. The summed E-state index contributed by atoms with van der Waals surface area (Å²) in [7, 11) is 1.63. The summed E-state index contributed by atoms with van der Waals surface area (Å²) >= 11 is 0. The van der Waals surface area contributed by atoms with Gasteiger partial charge < -0.3 is 19.1 Å². The molecule has 0 unspecified atom stereocenters. The van der Waals surface area contributed by atoms with E-state index in [1.807, 2.05) is 28.9 Å². The molecular weight excluding hydrogens is 386 g/mol. The molecule has 1 fully saturated rings. The number of methoxy groups -OCH3 is 1. The predicted molar refractivity (Wildman–Crippen MR) is 108 cm³/mol. The SMILES string of the molecule is CCOC(=O)c1nn(Cc2ccc(OC)cc2)c2c1CN(C(=O)[C@H]1CCCO1)CC2. The second-order valence-electron chi connectivity index (χ2n) is 7.51. The van der Waals surface area contributed by atoms with Gasteiger partial charge in [0.1, 0.15) is 11.9 Å². The van der Waals surface area contributed by atoms with Crippen molar-refractivity contribution in [3.8, 4) is 5.75 Å². The summed E-state index contributed by atoms with van der Waals surface area (Å²) in [5.74, 6) is 0.334. The van der Waals surface area contributed by atoms with Crippen molar-refractivity contribution in [1.29, 1.82) is 0 Å². The molecule has 0 bridgehead atoms. The van der Waals surface area contributed by atoms with E-state index in [1.165, 1.54) is 0 Å². The number of benzene rings is 1.